The molecule has 0 aliphatic rings. The summed E-state index contributed by atoms with van der Waals surface area (Å²) in [6.45, 7) is 4.32. The molecule has 0 aliphatic heterocycles. The molecule has 0 spiro atoms. The van der Waals surface area contributed by atoms with Crippen LogP contribution in [0.15, 0.2) is 79.0 Å². The number of carbonyl (C=O) groups is 1. The zero-order valence-electron chi connectivity index (χ0n) is 22.7. The number of nitrogens with one attached hydrogen (secondary N) is 1. The van der Waals surface area contributed by atoms with Crippen LogP contribution >= 0.6 is 0 Å². The first-order valence-electron chi connectivity index (χ1n) is 12.9. The van der Waals surface area contributed by atoms with Crippen LogP contribution in [0.3, 0.4) is 0 Å². The van der Waals surface area contributed by atoms with E-state index in [0.29, 0.717) is 11.6 Å². The summed E-state index contributed by atoms with van der Waals surface area (Å²) in [6.07, 6.45) is 6.52. The van der Waals surface area contributed by atoms with Gasteiger partial charge in [-0.05, 0) is 49.8 Å². The summed E-state index contributed by atoms with van der Waals surface area (Å²) in [5.41, 5.74) is 4.12. The number of halogens is 1. The fourth-order valence-electron chi connectivity index (χ4n) is 4.03. The normalized spacial score (nSPS) is 10.6. The number of rotatable bonds is 11. The Morgan fingerprint density at radius 2 is 1.82 bits per heavy atom. The van der Waals surface area contributed by atoms with E-state index in [1.807, 2.05) is 48.5 Å². The van der Waals surface area contributed by atoms with Crippen molar-refractivity contribution >= 4 is 12.2 Å². The molecule has 38 heavy (non-hydrogen) atoms. The first-order valence-corrected chi connectivity index (χ1v) is 12.9. The molecule has 0 atom stereocenters. The topological polar surface area (TPSA) is 59.4 Å². The second-order valence-corrected chi connectivity index (χ2v) is 9.06. The predicted molar refractivity (Wildman–Crippen MR) is 153 cm³/mol. The number of aldehydes is 1. The number of carbonyl (C=O) groups excluding carboxylic acids is 1. The molecule has 7 heteroatoms. The number of para-hydroxylation sites is 1. The summed E-state index contributed by atoms with van der Waals surface area (Å²) in [4.78, 5) is 17.4. The highest BCUT2D eigenvalue weighted by atomic mass is 19.1. The summed E-state index contributed by atoms with van der Waals surface area (Å²) in [7, 11) is 5.52. The van der Waals surface area contributed by atoms with Crippen LogP contribution in [0, 0.1) is 5.82 Å². The lowest BCUT2D eigenvalue weighted by Crippen LogP contribution is -2.18. The number of hydrogen-bond donors (Lipinski definition) is 1. The average Bonchev–Trinajstić information content (AvgIpc) is 3.39. The van der Waals surface area contributed by atoms with Gasteiger partial charge in [0.2, 0.25) is 5.95 Å². The average molecular weight is 517 g/mol. The molecule has 1 aromatic heterocycles. The molecule has 0 amide bonds. The van der Waals surface area contributed by atoms with E-state index in [1.54, 1.807) is 43.1 Å². The Kier molecular flexibility index (Phi) is 11.1. The van der Waals surface area contributed by atoms with Gasteiger partial charge in [0.25, 0.3) is 0 Å². The van der Waals surface area contributed by atoms with Crippen molar-refractivity contribution in [2.24, 2.45) is 0 Å². The maximum atomic E-state index is 14.0. The molecule has 200 valence electrons. The van der Waals surface area contributed by atoms with Crippen LogP contribution in [0.2, 0.25) is 0 Å². The molecule has 6 nitrogen and oxygen atoms in total. The van der Waals surface area contributed by atoms with E-state index in [0.717, 1.165) is 41.9 Å². The first-order chi connectivity index (χ1) is 18.5. The van der Waals surface area contributed by atoms with Crippen LogP contribution in [-0.2, 0) is 6.54 Å². The molecule has 0 fully saturated rings. The number of aromatic nitrogens is 2. The summed E-state index contributed by atoms with van der Waals surface area (Å²) in [5.74, 6) is 1.03. The summed E-state index contributed by atoms with van der Waals surface area (Å²) in [6, 6.07) is 22.0. The summed E-state index contributed by atoms with van der Waals surface area (Å²) < 4.78 is 21.0. The van der Waals surface area contributed by atoms with Gasteiger partial charge < -0.3 is 15.0 Å². The molecule has 0 radical (unpaired) electrons. The molecule has 0 aliphatic carbocycles. The number of imidazole rings is 1. The third-order valence-corrected chi connectivity index (χ3v) is 6.12. The Labute approximate surface area is 225 Å². The van der Waals surface area contributed by atoms with Crippen molar-refractivity contribution in [3.8, 4) is 22.7 Å². The number of anilines is 1. The number of nitrogens with zero attached hydrogens (tertiary/aromatic N) is 3. The van der Waals surface area contributed by atoms with Crippen molar-refractivity contribution in [2.45, 2.75) is 32.7 Å². The molecule has 3 aromatic carbocycles. The van der Waals surface area contributed by atoms with E-state index in [4.69, 9.17) is 4.74 Å². The van der Waals surface area contributed by atoms with Crippen molar-refractivity contribution < 1.29 is 13.9 Å². The Morgan fingerprint density at radius 1 is 1.05 bits per heavy atom. The van der Waals surface area contributed by atoms with E-state index in [2.05, 4.69) is 29.2 Å². The highest BCUT2D eigenvalue weighted by Gasteiger charge is 2.13. The van der Waals surface area contributed by atoms with Crippen molar-refractivity contribution in [3.05, 3.63) is 95.9 Å². The Bertz CT molecular complexity index is 1290. The number of unbranched alkanes of at least 4 members (excludes halogenated alkanes) is 2. The monoisotopic (exact) mass is 516 g/mol. The summed E-state index contributed by atoms with van der Waals surface area (Å²) >= 11 is 0. The number of hydrogen-bond acceptors (Lipinski definition) is 5. The standard InChI is InChI=1S/C17H16FN3O.C14H21NO/c1-19-17-20-15(12-6-5-7-13(10-12)22-2)11-21(17)16-9-4-3-8-14(16)18;1-3-4-5-10-15(2)11-13-6-8-14(12-16)9-7-13/h3-11H,1-2H3,(H,19,20);6-9,12H,3-5,10-11H2,1-2H3. The number of methoxy groups -OCH3 is 1. The van der Waals surface area contributed by atoms with Crippen molar-refractivity contribution in [1.29, 1.82) is 0 Å². The van der Waals surface area contributed by atoms with E-state index in [9.17, 15) is 9.18 Å². The quantitative estimate of drug-likeness (QED) is 0.175. The van der Waals surface area contributed by atoms with Gasteiger partial charge in [0, 0.05) is 30.9 Å². The maximum Gasteiger partial charge on any atom is 0.207 e. The zero-order chi connectivity index (χ0) is 27.3. The second-order valence-electron chi connectivity index (χ2n) is 9.06. The first kappa shape index (κ1) is 28.6. The Balaban J connectivity index is 0.000000223. The molecule has 4 aromatic rings. The maximum absolute atomic E-state index is 14.0. The summed E-state index contributed by atoms with van der Waals surface area (Å²) in [5, 5.41) is 2.99. The van der Waals surface area contributed by atoms with Gasteiger partial charge in [-0.2, -0.15) is 0 Å². The second kappa shape index (κ2) is 14.7. The fraction of sp³-hybridized carbons (Fsp3) is 0.290. The predicted octanol–water partition coefficient (Wildman–Crippen LogP) is 6.85. The minimum absolute atomic E-state index is 0.298. The minimum Gasteiger partial charge on any atom is -0.497 e. The molecular formula is C31H37FN4O2. The molecular weight excluding hydrogens is 479 g/mol. The Hall–Kier alpha value is -3.97. The van der Waals surface area contributed by atoms with Gasteiger partial charge in [-0.1, -0.05) is 68.3 Å². The third kappa shape index (κ3) is 8.02. The smallest absolute Gasteiger partial charge is 0.207 e. The van der Waals surface area contributed by atoms with Gasteiger partial charge in [-0.3, -0.25) is 9.36 Å². The van der Waals surface area contributed by atoms with Gasteiger partial charge in [-0.25, -0.2) is 9.37 Å². The lowest BCUT2D eigenvalue weighted by Gasteiger charge is -2.16. The molecule has 1 N–H and O–H groups in total. The minimum atomic E-state index is -0.298. The van der Waals surface area contributed by atoms with Crippen LogP contribution < -0.4 is 10.1 Å². The molecule has 4 rings (SSSR count). The SMILES string of the molecule is CCCCCN(C)Cc1ccc(C=O)cc1.CNc1nc(-c2cccc(OC)c2)cn1-c1ccccc1F. The number of benzene rings is 3. The molecule has 0 bridgehead atoms. The fourth-order valence-corrected chi connectivity index (χ4v) is 4.03. The molecule has 1 heterocycles. The molecule has 0 unspecified atom stereocenters. The lowest BCUT2D eigenvalue weighted by atomic mass is 10.1. The van der Waals surface area contributed by atoms with Gasteiger partial charge in [0.05, 0.1) is 18.5 Å². The van der Waals surface area contributed by atoms with Crippen LogP contribution in [0.25, 0.3) is 16.9 Å². The van der Waals surface area contributed by atoms with Crippen LogP contribution in [0.5, 0.6) is 5.75 Å². The van der Waals surface area contributed by atoms with Crippen LogP contribution in [0.4, 0.5) is 10.3 Å². The van der Waals surface area contributed by atoms with Crippen molar-refractivity contribution in [2.75, 3.05) is 33.1 Å². The van der Waals surface area contributed by atoms with Gasteiger partial charge in [0.15, 0.2) is 0 Å². The highest BCUT2D eigenvalue weighted by Crippen LogP contribution is 2.27. The van der Waals surface area contributed by atoms with Gasteiger partial charge >= 0.3 is 0 Å². The lowest BCUT2D eigenvalue weighted by molar-refractivity contribution is 0.112. The molecule has 0 saturated heterocycles. The molecule has 0 saturated carbocycles. The largest absolute Gasteiger partial charge is 0.497 e. The zero-order valence-corrected chi connectivity index (χ0v) is 22.7. The van der Waals surface area contributed by atoms with Gasteiger partial charge in [0.1, 0.15) is 17.9 Å². The third-order valence-electron chi connectivity index (χ3n) is 6.12. The van der Waals surface area contributed by atoms with Crippen molar-refractivity contribution in [3.63, 3.8) is 0 Å². The van der Waals surface area contributed by atoms with Crippen molar-refractivity contribution in [1.82, 2.24) is 14.5 Å². The van der Waals surface area contributed by atoms with E-state index in [1.165, 1.54) is 30.9 Å². The van der Waals surface area contributed by atoms with E-state index >= 15 is 0 Å². The van der Waals surface area contributed by atoms with Crippen LogP contribution in [0.1, 0.15) is 42.1 Å². The Morgan fingerprint density at radius 3 is 2.47 bits per heavy atom. The van der Waals surface area contributed by atoms with E-state index < -0.39 is 0 Å². The van der Waals surface area contributed by atoms with E-state index in [-0.39, 0.29) is 5.82 Å². The number of ether oxygens (including phenoxy) is 1. The van der Waals surface area contributed by atoms with Crippen LogP contribution in [-0.4, -0.2) is 48.5 Å². The highest BCUT2D eigenvalue weighted by molar-refractivity contribution is 5.74. The van der Waals surface area contributed by atoms with Gasteiger partial charge in [-0.15, -0.1) is 0 Å².